The molecule has 0 saturated carbocycles. The van der Waals surface area contributed by atoms with Gasteiger partial charge < -0.3 is 0 Å². The molecule has 12 heavy (non-hydrogen) atoms. The van der Waals surface area contributed by atoms with E-state index in [0.29, 0.717) is 23.4 Å². The molecule has 0 aromatic carbocycles. The van der Waals surface area contributed by atoms with Crippen LogP contribution >= 0.6 is 0 Å². The summed E-state index contributed by atoms with van der Waals surface area (Å²) in [6, 6.07) is -0.579. The van der Waals surface area contributed by atoms with Crippen molar-refractivity contribution >= 4 is 16.5 Å². The minimum atomic E-state index is -0.579. The second-order valence-corrected chi connectivity index (χ2v) is 3.73. The van der Waals surface area contributed by atoms with Gasteiger partial charge >= 0.3 is 83.8 Å². The van der Waals surface area contributed by atoms with E-state index in [4.69, 9.17) is 1.41 Å². The summed E-state index contributed by atoms with van der Waals surface area (Å²) in [6.45, 7) is 3.85. The molecule has 0 bridgehead atoms. The molecule has 0 fully saturated rings. The molecule has 0 radical (unpaired) electrons. The standard InChI is InChI=1S/C7H12N2O2.W/c1-3-5-8-7(11)9(4-2)6-10;/h6H,3-4H2,1-2H3,(H,8,11);/i/hD. The van der Waals surface area contributed by atoms with E-state index in [2.05, 4.69) is 0 Å². The van der Waals surface area contributed by atoms with E-state index in [9.17, 15) is 9.59 Å². The van der Waals surface area contributed by atoms with Crippen LogP contribution in [0.5, 0.6) is 0 Å². The molecular formula is C7H12N2O2W. The fourth-order valence-electron chi connectivity index (χ4n) is 0.505. The van der Waals surface area contributed by atoms with Gasteiger partial charge in [0.05, 0.1) is 0 Å². The summed E-state index contributed by atoms with van der Waals surface area (Å²) in [5, 5.41) is 0.785. The first-order valence-electron chi connectivity index (χ1n) is 4.10. The van der Waals surface area contributed by atoms with Gasteiger partial charge in [-0.3, -0.25) is 0 Å². The number of nitrogens with zero attached hydrogens (tertiary/aromatic N) is 1. The van der Waals surface area contributed by atoms with Crippen LogP contribution < -0.4 is 5.31 Å². The Hall–Kier alpha value is -0.502. The monoisotopic (exact) mass is 341 g/mol. The van der Waals surface area contributed by atoms with Crippen LogP contribution in [0.4, 0.5) is 4.79 Å². The quantitative estimate of drug-likeness (QED) is 0.746. The van der Waals surface area contributed by atoms with Gasteiger partial charge in [0, 0.05) is 0 Å². The van der Waals surface area contributed by atoms with Crippen molar-refractivity contribution < 1.29 is 30.4 Å². The van der Waals surface area contributed by atoms with Crippen LogP contribution in [0.2, 0.25) is 1.41 Å². The number of hydrogen-bond donors (Lipinski definition) is 1. The molecule has 0 aromatic heterocycles. The summed E-state index contributed by atoms with van der Waals surface area (Å²) in [5.74, 6) is 0. The maximum absolute atomic E-state index is 11.3. The summed E-state index contributed by atoms with van der Waals surface area (Å²) in [6.07, 6.45) is 1.10. The van der Waals surface area contributed by atoms with E-state index in [0.717, 1.165) is 29.6 Å². The van der Waals surface area contributed by atoms with Gasteiger partial charge in [0.2, 0.25) is 0 Å². The molecule has 4 nitrogen and oxygen atoms in total. The topological polar surface area (TPSA) is 49.4 Å². The van der Waals surface area contributed by atoms with E-state index in [1.807, 2.05) is 6.92 Å². The molecular weight excluding hydrogens is 328 g/mol. The van der Waals surface area contributed by atoms with Gasteiger partial charge in [-0.15, -0.1) is 0 Å². The number of hydrogen-bond acceptors (Lipinski definition) is 2. The van der Waals surface area contributed by atoms with Gasteiger partial charge in [0.25, 0.3) is 0 Å². The van der Waals surface area contributed by atoms with Crippen molar-refractivity contribution in [3.05, 3.63) is 0 Å². The van der Waals surface area contributed by atoms with Crippen molar-refractivity contribution in [1.29, 1.82) is 0 Å². The van der Waals surface area contributed by atoms with E-state index in [-0.39, 0.29) is 0 Å². The number of carbonyl (C=O) groups is 2. The number of rotatable bonds is 4. The van der Waals surface area contributed by atoms with Crippen molar-refractivity contribution in [2.24, 2.45) is 0 Å². The normalized spacial score (nSPS) is 10.0. The van der Waals surface area contributed by atoms with Crippen LogP contribution in [-0.2, 0) is 24.1 Å². The number of imide groups is 1. The Labute approximate surface area is 84.2 Å². The van der Waals surface area contributed by atoms with Crippen LogP contribution in [0.15, 0.2) is 0 Å². The molecule has 5 heteroatoms. The second kappa shape index (κ2) is 6.06. The Morgan fingerprint density at radius 3 is 2.67 bits per heavy atom. The van der Waals surface area contributed by atoms with E-state index in [1.54, 1.807) is 6.92 Å². The molecule has 0 spiro atoms. The first-order valence-corrected chi connectivity index (χ1v) is 5.12. The van der Waals surface area contributed by atoms with Crippen LogP contribution in [-0.4, -0.2) is 27.9 Å². The number of nitrogens with one attached hydrogen (secondary N) is 1. The Kier molecular flexibility index (Phi) is 4.84. The first-order chi connectivity index (χ1) is 6.08. The minimum absolute atomic E-state index is 0.296. The zero-order chi connectivity index (χ0) is 10.4. The summed E-state index contributed by atoms with van der Waals surface area (Å²) in [7, 11) is 0. The molecule has 0 aliphatic carbocycles. The Morgan fingerprint density at radius 2 is 2.33 bits per heavy atom. The number of amides is 3. The molecule has 0 aliphatic rings. The fraction of sp³-hybridized carbons (Fsp3) is 0.571. The van der Waals surface area contributed by atoms with Crippen LogP contribution in [0, 0.1) is 0 Å². The summed E-state index contributed by atoms with van der Waals surface area (Å²) < 4.78 is 8.09. The van der Waals surface area contributed by atoms with Crippen LogP contribution in [0.1, 0.15) is 20.3 Å². The van der Waals surface area contributed by atoms with Crippen molar-refractivity contribution in [2.45, 2.75) is 20.3 Å². The zero-order valence-electron chi connectivity index (χ0n) is 8.11. The Balaban J connectivity index is 4.39. The van der Waals surface area contributed by atoms with Crippen LogP contribution in [0.3, 0.4) is 0 Å². The van der Waals surface area contributed by atoms with Gasteiger partial charge in [-0.25, -0.2) is 0 Å². The molecule has 0 rings (SSSR count). The third kappa shape index (κ3) is 3.76. The molecule has 3 amide bonds. The van der Waals surface area contributed by atoms with Gasteiger partial charge in [-0.1, -0.05) is 0 Å². The van der Waals surface area contributed by atoms with Crippen molar-refractivity contribution in [3.8, 4) is 0 Å². The molecule has 0 saturated heterocycles. The second-order valence-electron chi connectivity index (χ2n) is 2.03. The van der Waals surface area contributed by atoms with Crippen molar-refractivity contribution in [1.82, 2.24) is 10.2 Å². The average Bonchev–Trinajstić information content (AvgIpc) is 2.17. The fourth-order valence-corrected chi connectivity index (χ4v) is 0.785. The zero-order valence-corrected chi connectivity index (χ0v) is 10.0. The van der Waals surface area contributed by atoms with Crippen molar-refractivity contribution in [3.63, 3.8) is 0 Å². The summed E-state index contributed by atoms with van der Waals surface area (Å²) >= 11 is 1.07. The maximum atomic E-state index is 11.3. The Bertz CT molecular complexity index is 223. The van der Waals surface area contributed by atoms with E-state index < -0.39 is 6.03 Å². The van der Waals surface area contributed by atoms with Crippen LogP contribution in [0.25, 0.3) is 0 Å². The van der Waals surface area contributed by atoms with Gasteiger partial charge in [0.15, 0.2) is 0 Å². The summed E-state index contributed by atoms with van der Waals surface area (Å²) in [4.78, 5) is 22.7. The predicted molar refractivity (Wildman–Crippen MR) is 42.3 cm³/mol. The molecule has 0 atom stereocenters. The average molecular weight is 341 g/mol. The number of urea groups is 1. The third-order valence-electron chi connectivity index (χ3n) is 1.24. The molecule has 1 N–H and O–H groups in total. The van der Waals surface area contributed by atoms with Gasteiger partial charge in [-0.05, 0) is 0 Å². The van der Waals surface area contributed by atoms with Gasteiger partial charge in [-0.2, -0.15) is 0 Å². The molecule has 0 unspecified atom stereocenters. The SMILES string of the molecule is [2H]N(C(=O)N(C=O)CC)[C](=[W])CC. The van der Waals surface area contributed by atoms with E-state index >= 15 is 0 Å². The van der Waals surface area contributed by atoms with E-state index in [1.165, 1.54) is 0 Å². The van der Waals surface area contributed by atoms with Crippen molar-refractivity contribution in [2.75, 3.05) is 6.54 Å². The third-order valence-corrected chi connectivity index (χ3v) is 2.60. The molecule has 0 heterocycles. The summed E-state index contributed by atoms with van der Waals surface area (Å²) in [5.41, 5.74) is 0. The molecule has 68 valence electrons. The Morgan fingerprint density at radius 1 is 1.75 bits per heavy atom. The van der Waals surface area contributed by atoms with Gasteiger partial charge in [0.1, 0.15) is 0 Å². The predicted octanol–water partition coefficient (Wildman–Crippen LogP) is 0.261. The molecule has 0 aliphatic heterocycles. The molecule has 0 aromatic rings. The first kappa shape index (κ1) is 9.59. The number of carbonyl (C=O) groups excluding carboxylic acids is 2.